The summed E-state index contributed by atoms with van der Waals surface area (Å²) in [6.45, 7) is 7.07. The van der Waals surface area contributed by atoms with E-state index in [0.29, 0.717) is 12.5 Å². The van der Waals surface area contributed by atoms with Crippen LogP contribution in [0.1, 0.15) is 65.7 Å². The Morgan fingerprint density at radius 3 is 2.58 bits per heavy atom. The molecule has 0 aromatic heterocycles. The molecule has 4 nitrogen and oxygen atoms in total. The monoisotopic (exact) mass is 332 g/mol. The summed E-state index contributed by atoms with van der Waals surface area (Å²) in [5.74, 6) is -0.0569. The van der Waals surface area contributed by atoms with Crippen LogP contribution < -0.4 is 0 Å². The Balaban J connectivity index is 1.78. The first-order valence-electron chi connectivity index (χ1n) is 9.36. The van der Waals surface area contributed by atoms with Gasteiger partial charge in [0.2, 0.25) is 0 Å². The smallest absolute Gasteiger partial charge is 0.334 e. The average molecular weight is 332 g/mol. The lowest BCUT2D eigenvalue weighted by atomic mass is 9.40. The van der Waals surface area contributed by atoms with Crippen molar-refractivity contribution in [2.24, 2.45) is 28.1 Å². The average Bonchev–Trinajstić information content (AvgIpc) is 2.89. The van der Waals surface area contributed by atoms with Crippen LogP contribution in [0, 0.1) is 28.1 Å². The Bertz CT molecular complexity index is 650. The highest BCUT2D eigenvalue weighted by atomic mass is 16.5. The second kappa shape index (κ2) is 4.86. The molecule has 24 heavy (non-hydrogen) atoms. The van der Waals surface area contributed by atoms with Gasteiger partial charge in [0.25, 0.3) is 0 Å². The largest absolute Gasteiger partial charge is 0.481 e. The zero-order valence-electron chi connectivity index (χ0n) is 15.0. The molecule has 0 aromatic rings. The van der Waals surface area contributed by atoms with Crippen LogP contribution in [-0.2, 0) is 14.3 Å². The number of cyclic esters (lactones) is 1. The molecule has 1 aliphatic heterocycles. The molecule has 0 radical (unpaired) electrons. The van der Waals surface area contributed by atoms with Crippen LogP contribution in [0.5, 0.6) is 0 Å². The molecule has 1 heterocycles. The minimum Gasteiger partial charge on any atom is -0.481 e. The molecule has 0 bridgehead atoms. The molecule has 5 atom stereocenters. The molecule has 4 heteroatoms. The van der Waals surface area contributed by atoms with E-state index in [1.807, 2.05) is 6.92 Å². The highest BCUT2D eigenvalue weighted by Crippen LogP contribution is 2.68. The van der Waals surface area contributed by atoms with E-state index in [1.54, 1.807) is 0 Å². The third kappa shape index (κ3) is 1.80. The van der Waals surface area contributed by atoms with Gasteiger partial charge in [0.05, 0.1) is 5.41 Å². The first-order valence-corrected chi connectivity index (χ1v) is 9.36. The van der Waals surface area contributed by atoms with Crippen molar-refractivity contribution in [1.82, 2.24) is 0 Å². The number of carboxylic acid groups (broad SMARTS) is 1. The van der Waals surface area contributed by atoms with E-state index >= 15 is 0 Å². The van der Waals surface area contributed by atoms with Gasteiger partial charge in [0.1, 0.15) is 6.61 Å². The predicted molar refractivity (Wildman–Crippen MR) is 89.2 cm³/mol. The lowest BCUT2D eigenvalue weighted by molar-refractivity contribution is -0.175. The number of rotatable bonds is 1. The van der Waals surface area contributed by atoms with E-state index in [9.17, 15) is 14.7 Å². The van der Waals surface area contributed by atoms with Gasteiger partial charge < -0.3 is 9.84 Å². The van der Waals surface area contributed by atoms with Gasteiger partial charge in [-0.25, -0.2) is 4.79 Å². The summed E-state index contributed by atoms with van der Waals surface area (Å²) < 4.78 is 5.36. The second-order valence-corrected chi connectivity index (χ2v) is 9.22. The Hall–Kier alpha value is -1.32. The first kappa shape index (κ1) is 16.2. The standard InChI is InChI=1S/C20H28O4/c1-18-10-7-15-19(2,8-4-9-20(15,3)17(22)23)14(18)6-5-12-13(18)11-24-16(12)21/h14-15H,4-11H2,1-3H3,(H,22,23)/t14-,15+,18-,19+,20-/m0/s1. The van der Waals surface area contributed by atoms with Crippen molar-refractivity contribution in [3.63, 3.8) is 0 Å². The lowest BCUT2D eigenvalue weighted by Gasteiger charge is -2.63. The normalized spacial score (nSPS) is 47.5. The van der Waals surface area contributed by atoms with Gasteiger partial charge in [-0.15, -0.1) is 0 Å². The summed E-state index contributed by atoms with van der Waals surface area (Å²) in [5, 5.41) is 9.92. The Morgan fingerprint density at radius 1 is 1.12 bits per heavy atom. The minimum absolute atomic E-state index is 0.00173. The second-order valence-electron chi connectivity index (χ2n) is 9.22. The molecule has 0 unspecified atom stereocenters. The van der Waals surface area contributed by atoms with Crippen LogP contribution in [-0.4, -0.2) is 23.7 Å². The first-order chi connectivity index (χ1) is 11.2. The van der Waals surface area contributed by atoms with Crippen LogP contribution in [0.4, 0.5) is 0 Å². The SMILES string of the molecule is C[C@]12CCC[C@](C)(C(=O)O)[C@@H]1CC[C@@]1(C)C3=C(CC[C@H]21)C(=O)OC3. The fraction of sp³-hybridized carbons (Fsp3) is 0.800. The van der Waals surface area contributed by atoms with Crippen molar-refractivity contribution in [3.05, 3.63) is 11.1 Å². The number of aliphatic carboxylic acids is 1. The third-order valence-corrected chi connectivity index (χ3v) is 8.31. The quantitative estimate of drug-likeness (QED) is 0.739. The van der Waals surface area contributed by atoms with E-state index in [4.69, 9.17) is 4.74 Å². The van der Waals surface area contributed by atoms with Gasteiger partial charge in [-0.2, -0.15) is 0 Å². The van der Waals surface area contributed by atoms with Crippen LogP contribution in [0.25, 0.3) is 0 Å². The molecular formula is C20H28O4. The zero-order chi connectivity index (χ0) is 17.3. The number of hydrogen-bond acceptors (Lipinski definition) is 3. The van der Waals surface area contributed by atoms with E-state index in [1.165, 1.54) is 5.57 Å². The maximum absolute atomic E-state index is 12.1. The number of fused-ring (bicyclic) bond motifs is 4. The summed E-state index contributed by atoms with van der Waals surface area (Å²) in [5.41, 5.74) is 1.59. The fourth-order valence-corrected chi connectivity index (χ4v) is 7.08. The topological polar surface area (TPSA) is 63.6 Å². The fourth-order valence-electron chi connectivity index (χ4n) is 7.08. The van der Waals surface area contributed by atoms with Crippen LogP contribution >= 0.6 is 0 Å². The van der Waals surface area contributed by atoms with Gasteiger partial charge in [-0.05, 0) is 73.7 Å². The van der Waals surface area contributed by atoms with E-state index in [-0.39, 0.29) is 22.7 Å². The van der Waals surface area contributed by atoms with Gasteiger partial charge in [0, 0.05) is 5.57 Å². The van der Waals surface area contributed by atoms with Crippen molar-refractivity contribution in [2.75, 3.05) is 6.61 Å². The molecule has 2 saturated carbocycles. The van der Waals surface area contributed by atoms with Crippen molar-refractivity contribution in [3.8, 4) is 0 Å². The van der Waals surface area contributed by atoms with E-state index < -0.39 is 11.4 Å². The number of esters is 1. The summed E-state index contributed by atoms with van der Waals surface area (Å²) in [6, 6.07) is 0. The van der Waals surface area contributed by atoms with E-state index in [0.717, 1.165) is 50.5 Å². The maximum Gasteiger partial charge on any atom is 0.334 e. The Labute approximate surface area is 143 Å². The molecule has 0 saturated heterocycles. The number of hydrogen-bond donors (Lipinski definition) is 1. The molecule has 0 aromatic carbocycles. The van der Waals surface area contributed by atoms with Crippen LogP contribution in [0.15, 0.2) is 11.1 Å². The number of ether oxygens (including phenoxy) is 1. The molecule has 0 spiro atoms. The molecule has 4 rings (SSSR count). The third-order valence-electron chi connectivity index (χ3n) is 8.31. The highest BCUT2D eigenvalue weighted by molar-refractivity contribution is 5.92. The summed E-state index contributed by atoms with van der Waals surface area (Å²) in [7, 11) is 0. The molecule has 1 N–H and O–H groups in total. The number of carbonyl (C=O) groups is 2. The summed E-state index contributed by atoms with van der Waals surface area (Å²) in [6.07, 6.45) is 6.62. The van der Waals surface area contributed by atoms with E-state index in [2.05, 4.69) is 13.8 Å². The summed E-state index contributed by atoms with van der Waals surface area (Å²) in [4.78, 5) is 24.1. The van der Waals surface area contributed by atoms with Gasteiger partial charge in [-0.3, -0.25) is 4.79 Å². The van der Waals surface area contributed by atoms with Gasteiger partial charge >= 0.3 is 11.9 Å². The molecular weight excluding hydrogens is 304 g/mol. The van der Waals surface area contributed by atoms with Crippen molar-refractivity contribution < 1.29 is 19.4 Å². The highest BCUT2D eigenvalue weighted by Gasteiger charge is 2.63. The molecule has 132 valence electrons. The molecule has 4 aliphatic rings. The molecule has 3 aliphatic carbocycles. The minimum atomic E-state index is -0.628. The Kier molecular flexibility index (Phi) is 3.27. The van der Waals surface area contributed by atoms with Crippen molar-refractivity contribution >= 4 is 11.9 Å². The summed E-state index contributed by atoms with van der Waals surface area (Å²) >= 11 is 0. The molecule has 0 amide bonds. The Morgan fingerprint density at radius 2 is 1.88 bits per heavy atom. The predicted octanol–water partition coefficient (Wildman–Crippen LogP) is 3.95. The van der Waals surface area contributed by atoms with Crippen molar-refractivity contribution in [1.29, 1.82) is 0 Å². The zero-order valence-corrected chi connectivity index (χ0v) is 15.0. The van der Waals surface area contributed by atoms with Crippen LogP contribution in [0.2, 0.25) is 0 Å². The number of carbonyl (C=O) groups excluding carboxylic acids is 1. The van der Waals surface area contributed by atoms with Gasteiger partial charge in [-0.1, -0.05) is 20.3 Å². The van der Waals surface area contributed by atoms with Crippen LogP contribution in [0.3, 0.4) is 0 Å². The maximum atomic E-state index is 12.1. The number of carboxylic acids is 1. The van der Waals surface area contributed by atoms with Crippen molar-refractivity contribution in [2.45, 2.75) is 65.7 Å². The van der Waals surface area contributed by atoms with Gasteiger partial charge in [0.15, 0.2) is 0 Å². The lowest BCUT2D eigenvalue weighted by Crippen LogP contribution is -2.58. The molecule has 2 fully saturated rings.